The van der Waals surface area contributed by atoms with E-state index in [4.69, 9.17) is 0 Å². The van der Waals surface area contributed by atoms with E-state index in [2.05, 4.69) is 23.7 Å². The van der Waals surface area contributed by atoms with Crippen LogP contribution in [-0.2, 0) is 0 Å². The van der Waals surface area contributed by atoms with Crippen LogP contribution < -0.4 is 0 Å². The average molecular weight is 302 g/mol. The Morgan fingerprint density at radius 2 is 0.875 bits per heavy atom. The minimum Gasteiger partial charge on any atom is -0.192 e. The molecule has 2 fully saturated rings. The lowest BCUT2D eigenvalue weighted by molar-refractivity contribution is 1.40. The van der Waals surface area contributed by atoms with Crippen molar-refractivity contribution in [3.05, 3.63) is 97.6 Å². The molecule has 108 valence electrons. The minimum absolute atomic E-state index is 0.308. The first-order chi connectivity index (χ1) is 11.8. The number of hydrogen-bond donors (Lipinski definition) is 0. The van der Waals surface area contributed by atoms with E-state index in [0.717, 1.165) is 11.8 Å². The zero-order valence-corrected chi connectivity index (χ0v) is 12.7. The molecule has 0 amide bonds. The highest BCUT2D eigenvalue weighted by Gasteiger charge is 2.16. The zero-order valence-electron chi connectivity index (χ0n) is 12.7. The van der Waals surface area contributed by atoms with Gasteiger partial charge in [-0.1, -0.05) is 23.7 Å². The monoisotopic (exact) mass is 302 g/mol. The van der Waals surface area contributed by atoms with Gasteiger partial charge in [0.2, 0.25) is 0 Å². The summed E-state index contributed by atoms with van der Waals surface area (Å²) in [7, 11) is 0. The van der Waals surface area contributed by atoms with Crippen LogP contribution in [0, 0.1) is 110 Å². The SMILES string of the molecule is N#Cc1cc(C#C[C]2[CH][CH][CH][CH]2)c(C#C[C]2[CH][CH][CH][CH]2)cc1C#N. The second-order valence-corrected chi connectivity index (χ2v) is 5.01. The maximum atomic E-state index is 9.21. The second kappa shape index (κ2) is 7.73. The largest absolute Gasteiger partial charge is 0.192 e. The van der Waals surface area contributed by atoms with Crippen LogP contribution in [-0.4, -0.2) is 0 Å². The molecule has 0 atom stereocenters. The molecule has 2 saturated carbocycles. The quantitative estimate of drug-likeness (QED) is 0.692. The van der Waals surface area contributed by atoms with Gasteiger partial charge in [-0.3, -0.25) is 0 Å². The normalized spacial score (nSPS) is 17.2. The van der Waals surface area contributed by atoms with E-state index in [1.165, 1.54) is 0 Å². The third-order valence-electron chi connectivity index (χ3n) is 3.41. The molecule has 2 aliphatic carbocycles. The fraction of sp³-hybridized carbons (Fsp3) is 0. The van der Waals surface area contributed by atoms with Gasteiger partial charge in [0.1, 0.15) is 12.1 Å². The fourth-order valence-electron chi connectivity index (χ4n) is 2.19. The summed E-state index contributed by atoms with van der Waals surface area (Å²) >= 11 is 0. The Morgan fingerprint density at radius 3 is 1.21 bits per heavy atom. The molecular weight excluding hydrogens is 292 g/mol. The number of benzene rings is 1. The molecule has 0 N–H and O–H groups in total. The Labute approximate surface area is 144 Å². The Hall–Kier alpha value is -2.68. The van der Waals surface area contributed by atoms with Gasteiger partial charge in [-0.2, -0.15) is 10.5 Å². The van der Waals surface area contributed by atoms with Crippen LogP contribution in [0.15, 0.2) is 12.1 Å². The van der Waals surface area contributed by atoms with Crippen LogP contribution in [0.1, 0.15) is 22.3 Å². The smallest absolute Gasteiger partial charge is 0.101 e. The van der Waals surface area contributed by atoms with Gasteiger partial charge in [-0.05, 0) is 63.5 Å². The van der Waals surface area contributed by atoms with E-state index in [-0.39, 0.29) is 0 Å². The maximum absolute atomic E-state index is 9.21. The van der Waals surface area contributed by atoms with Crippen LogP contribution in [0.3, 0.4) is 0 Å². The Morgan fingerprint density at radius 1 is 0.500 bits per heavy atom. The molecule has 0 spiro atoms. The molecule has 24 heavy (non-hydrogen) atoms. The molecule has 3 rings (SSSR count). The molecule has 0 heterocycles. The van der Waals surface area contributed by atoms with Crippen LogP contribution in [0.5, 0.6) is 0 Å². The van der Waals surface area contributed by atoms with Crippen molar-refractivity contribution >= 4 is 0 Å². The Kier molecular flexibility index (Phi) is 5.22. The van der Waals surface area contributed by atoms with Crippen molar-refractivity contribution < 1.29 is 0 Å². The third-order valence-corrected chi connectivity index (χ3v) is 3.41. The number of nitrogens with zero attached hydrogens (tertiary/aromatic N) is 2. The highest BCUT2D eigenvalue weighted by molar-refractivity contribution is 5.62. The summed E-state index contributed by atoms with van der Waals surface area (Å²) in [6.45, 7) is 0. The predicted octanol–water partition coefficient (Wildman–Crippen LogP) is 2.94. The molecule has 10 radical (unpaired) electrons. The molecule has 0 aliphatic heterocycles. The molecule has 0 unspecified atom stereocenters. The summed E-state index contributed by atoms with van der Waals surface area (Å²) in [6.07, 6.45) is 15.3. The molecule has 2 heteroatoms. The summed E-state index contributed by atoms with van der Waals surface area (Å²) in [4.78, 5) is 0. The average Bonchev–Trinajstić information content (AvgIpc) is 3.31. The summed E-state index contributed by atoms with van der Waals surface area (Å²) in [6, 6.07) is 7.33. The molecule has 2 aliphatic rings. The van der Waals surface area contributed by atoms with Gasteiger partial charge < -0.3 is 0 Å². The van der Waals surface area contributed by atoms with Gasteiger partial charge in [0, 0.05) is 11.1 Å². The van der Waals surface area contributed by atoms with Crippen molar-refractivity contribution in [2.45, 2.75) is 0 Å². The molecule has 0 saturated heterocycles. The van der Waals surface area contributed by atoms with Gasteiger partial charge in [0.15, 0.2) is 0 Å². The second-order valence-electron chi connectivity index (χ2n) is 5.01. The van der Waals surface area contributed by atoms with Gasteiger partial charge in [-0.15, -0.1) is 0 Å². The van der Waals surface area contributed by atoms with E-state index >= 15 is 0 Å². The molecule has 0 aromatic heterocycles. The van der Waals surface area contributed by atoms with Crippen molar-refractivity contribution in [1.82, 2.24) is 0 Å². The van der Waals surface area contributed by atoms with Crippen molar-refractivity contribution in [2.24, 2.45) is 0 Å². The Balaban J connectivity index is 1.97. The summed E-state index contributed by atoms with van der Waals surface area (Å²) < 4.78 is 0. The van der Waals surface area contributed by atoms with Crippen molar-refractivity contribution in [3.63, 3.8) is 0 Å². The van der Waals surface area contributed by atoms with Gasteiger partial charge in [-0.25, -0.2) is 0 Å². The fourth-order valence-corrected chi connectivity index (χ4v) is 2.19. The lowest BCUT2D eigenvalue weighted by atomic mass is 9.98. The standard InChI is InChI=1S/C22H10N2/c23-15-21-13-19(11-9-17-5-1-2-6-17)20(14-22(21)16-24)12-10-18-7-3-4-8-18/h1-8,13-14H. The summed E-state index contributed by atoms with van der Waals surface area (Å²) in [5, 5.41) is 18.4. The number of hydrogen-bond acceptors (Lipinski definition) is 2. The lowest BCUT2D eigenvalue weighted by Gasteiger charge is -2.02. The van der Waals surface area contributed by atoms with Gasteiger partial charge in [0.05, 0.1) is 23.0 Å². The van der Waals surface area contributed by atoms with E-state index in [1.54, 1.807) is 12.1 Å². The van der Waals surface area contributed by atoms with Gasteiger partial charge >= 0.3 is 0 Å². The first-order valence-electron chi connectivity index (χ1n) is 7.26. The van der Waals surface area contributed by atoms with E-state index in [0.29, 0.717) is 22.3 Å². The zero-order chi connectivity index (χ0) is 16.8. The highest BCUT2D eigenvalue weighted by atomic mass is 14.3. The summed E-state index contributed by atoms with van der Waals surface area (Å²) in [5.41, 5.74) is 1.91. The predicted molar refractivity (Wildman–Crippen MR) is 90.5 cm³/mol. The highest BCUT2D eigenvalue weighted by Crippen LogP contribution is 2.24. The van der Waals surface area contributed by atoms with Crippen LogP contribution in [0.4, 0.5) is 0 Å². The van der Waals surface area contributed by atoms with Crippen molar-refractivity contribution in [3.8, 4) is 35.8 Å². The molecule has 1 aromatic rings. The lowest BCUT2D eigenvalue weighted by Crippen LogP contribution is -1.94. The number of nitriles is 2. The Bertz CT molecular complexity index is 744. The molecular formula is C22H10N2. The van der Waals surface area contributed by atoms with Crippen LogP contribution in [0.25, 0.3) is 0 Å². The summed E-state index contributed by atoms with van der Waals surface area (Å²) in [5.74, 6) is 14.0. The molecule has 1 aromatic carbocycles. The maximum Gasteiger partial charge on any atom is 0.101 e. The topological polar surface area (TPSA) is 47.6 Å². The van der Waals surface area contributed by atoms with E-state index in [1.807, 2.05) is 63.5 Å². The van der Waals surface area contributed by atoms with Crippen LogP contribution >= 0.6 is 0 Å². The number of rotatable bonds is 0. The third kappa shape index (κ3) is 3.80. The van der Waals surface area contributed by atoms with E-state index < -0.39 is 0 Å². The first kappa shape index (κ1) is 16.2. The first-order valence-corrected chi connectivity index (χ1v) is 7.26. The minimum atomic E-state index is 0.308. The van der Waals surface area contributed by atoms with Crippen LogP contribution in [0.2, 0.25) is 0 Å². The van der Waals surface area contributed by atoms with Gasteiger partial charge in [0.25, 0.3) is 0 Å². The van der Waals surface area contributed by atoms with Crippen molar-refractivity contribution in [1.29, 1.82) is 10.5 Å². The molecule has 0 bridgehead atoms. The molecule has 2 nitrogen and oxygen atoms in total. The van der Waals surface area contributed by atoms with Crippen molar-refractivity contribution in [2.75, 3.05) is 0 Å². The van der Waals surface area contributed by atoms with E-state index in [9.17, 15) is 10.5 Å².